The topological polar surface area (TPSA) is 134 Å². The summed E-state index contributed by atoms with van der Waals surface area (Å²) < 4.78 is 29.8. The third kappa shape index (κ3) is 10.1. The molecule has 1 saturated carbocycles. The van der Waals surface area contributed by atoms with Crippen LogP contribution >= 0.6 is 11.3 Å². The molecule has 1 amide bonds. The van der Waals surface area contributed by atoms with Crippen LogP contribution in [0, 0.1) is 0 Å². The van der Waals surface area contributed by atoms with Crippen LogP contribution in [0.2, 0.25) is 0 Å². The summed E-state index contributed by atoms with van der Waals surface area (Å²) in [6.45, 7) is 3.74. The summed E-state index contributed by atoms with van der Waals surface area (Å²) in [7, 11) is -3.02. The molecule has 0 unspecified atom stereocenters. The number of amidine groups is 1. The number of amides is 1. The summed E-state index contributed by atoms with van der Waals surface area (Å²) in [5.74, 6) is 0.177. The molecule has 10 nitrogen and oxygen atoms in total. The molecule has 5 rings (SSSR count). The van der Waals surface area contributed by atoms with Crippen molar-refractivity contribution in [1.82, 2.24) is 15.1 Å². The monoisotopic (exact) mass is 699 g/mol. The molecule has 3 aliphatic rings. The second-order valence-electron chi connectivity index (χ2n) is 13.7. The van der Waals surface area contributed by atoms with Crippen molar-refractivity contribution in [1.29, 1.82) is 0 Å². The van der Waals surface area contributed by atoms with E-state index in [1.54, 1.807) is 11.3 Å². The highest BCUT2D eigenvalue weighted by atomic mass is 32.2. The predicted octanol–water partition coefficient (Wildman–Crippen LogP) is 4.63. The summed E-state index contributed by atoms with van der Waals surface area (Å²) in [4.78, 5) is 38.3. The number of rotatable bonds is 15. The number of nitrogens with zero attached hydrogens (tertiary/aromatic N) is 3. The van der Waals surface area contributed by atoms with Crippen molar-refractivity contribution in [3.05, 3.63) is 57.8 Å². The lowest BCUT2D eigenvalue weighted by molar-refractivity contribution is -0.144. The quantitative estimate of drug-likeness (QED) is 0.257. The Morgan fingerprint density at radius 2 is 1.92 bits per heavy atom. The fourth-order valence-electron chi connectivity index (χ4n) is 7.17. The van der Waals surface area contributed by atoms with Crippen LogP contribution in [0.4, 0.5) is 0 Å². The Balaban J connectivity index is 1.31. The van der Waals surface area contributed by atoms with Crippen LogP contribution in [0.25, 0.3) is 0 Å². The Morgan fingerprint density at radius 3 is 2.65 bits per heavy atom. The van der Waals surface area contributed by atoms with Crippen molar-refractivity contribution in [3.8, 4) is 0 Å². The van der Waals surface area contributed by atoms with Gasteiger partial charge in [-0.1, -0.05) is 62.4 Å². The fraction of sp³-hybridized carbons (Fsp3) is 0.639. The van der Waals surface area contributed by atoms with E-state index in [9.17, 15) is 18.0 Å². The zero-order valence-corrected chi connectivity index (χ0v) is 30.2. The van der Waals surface area contributed by atoms with Gasteiger partial charge in [-0.3, -0.25) is 9.59 Å². The summed E-state index contributed by atoms with van der Waals surface area (Å²) in [5, 5.41) is 5.71. The van der Waals surface area contributed by atoms with Crippen molar-refractivity contribution >= 4 is 38.9 Å². The van der Waals surface area contributed by atoms with E-state index in [2.05, 4.69) is 11.4 Å². The van der Waals surface area contributed by atoms with Crippen molar-refractivity contribution in [2.45, 2.75) is 114 Å². The predicted molar refractivity (Wildman–Crippen MR) is 192 cm³/mol. The second kappa shape index (κ2) is 17.2. The lowest BCUT2D eigenvalue weighted by atomic mass is 9.93. The molecule has 1 saturated heterocycles. The van der Waals surface area contributed by atoms with E-state index in [1.165, 1.54) is 12.7 Å². The Labute approximate surface area is 290 Å². The molecule has 2 fully saturated rings. The van der Waals surface area contributed by atoms with Gasteiger partial charge in [0.05, 0.1) is 12.1 Å². The molecular formula is C36H53N5O5S2. The number of hydrogen-bond acceptors (Lipinski definition) is 10. The largest absolute Gasteiger partial charge is 0.455 e. The number of carbonyl (C=O) groups excluding carboxylic acids is 2. The Kier molecular flexibility index (Phi) is 13.1. The molecule has 1 aliphatic carbocycles. The number of ketones is 1. The fourth-order valence-corrected chi connectivity index (χ4v) is 8.61. The van der Waals surface area contributed by atoms with Crippen LogP contribution in [-0.2, 0) is 37.1 Å². The summed E-state index contributed by atoms with van der Waals surface area (Å²) in [5.41, 5.74) is 7.95. The maximum atomic E-state index is 14.4. The van der Waals surface area contributed by atoms with E-state index >= 15 is 0 Å². The number of nitrogens with two attached hydrogens (primary N) is 1. The maximum Gasteiger partial charge on any atom is 0.288 e. The Hall–Kier alpha value is -2.80. The molecule has 2 aromatic rings. The molecule has 12 heteroatoms. The highest BCUT2D eigenvalue weighted by Crippen LogP contribution is 2.31. The van der Waals surface area contributed by atoms with Gasteiger partial charge in [-0.2, -0.15) is 0 Å². The average Bonchev–Trinajstić information content (AvgIpc) is 3.76. The van der Waals surface area contributed by atoms with Crippen LogP contribution in [0.15, 0.2) is 46.8 Å². The first-order valence-electron chi connectivity index (χ1n) is 17.7. The molecule has 3 heterocycles. The first kappa shape index (κ1) is 36.5. The normalized spacial score (nSPS) is 22.7. The smallest absolute Gasteiger partial charge is 0.288 e. The molecule has 264 valence electrons. The average molecular weight is 700 g/mol. The minimum atomic E-state index is -3.02. The lowest BCUT2D eigenvalue weighted by Crippen LogP contribution is -2.63. The van der Waals surface area contributed by atoms with Gasteiger partial charge in [0.15, 0.2) is 5.78 Å². The molecule has 3 N–H and O–H groups in total. The van der Waals surface area contributed by atoms with Crippen LogP contribution in [-0.4, -0.2) is 91.7 Å². The van der Waals surface area contributed by atoms with Gasteiger partial charge >= 0.3 is 0 Å². The third-order valence-corrected chi connectivity index (χ3v) is 11.8. The van der Waals surface area contributed by atoms with E-state index < -0.39 is 21.9 Å². The Morgan fingerprint density at radius 1 is 1.10 bits per heavy atom. The van der Waals surface area contributed by atoms with Gasteiger partial charge in [-0.25, -0.2) is 13.4 Å². The van der Waals surface area contributed by atoms with Gasteiger partial charge in [0.1, 0.15) is 22.0 Å². The van der Waals surface area contributed by atoms with Gasteiger partial charge in [0, 0.05) is 55.5 Å². The standard InChI is InChI=1S/C36H53N5O5S2/c1-26-34(28-12-9-11-27(23-28)24-37)46-36(38-26)40-19-20-41(32(25-40)33(42)18-17-30-15-10-21-47-30)35(43)31(39-29-13-5-3-6-14-29)16-7-4-8-22-48(2,44)45/h9-12,15,21,23,26,29,31-32,34,39H,3-8,13-14,16-20,22,24-25,37H2,1-2H3/t26-,31+,32-,34+/m0/s1. The number of unbranched alkanes of at least 4 members (excludes halogenated alkanes) is 2. The number of hydrogen-bond donors (Lipinski definition) is 2. The second-order valence-corrected chi connectivity index (χ2v) is 17.0. The number of aryl methyl sites for hydroxylation is 1. The van der Waals surface area contributed by atoms with Gasteiger partial charge in [-0.15, -0.1) is 11.3 Å². The van der Waals surface area contributed by atoms with Crippen LogP contribution in [0.3, 0.4) is 0 Å². The molecule has 0 radical (unpaired) electrons. The van der Waals surface area contributed by atoms with Gasteiger partial charge in [0.2, 0.25) is 5.91 Å². The number of benzene rings is 1. The number of thiophene rings is 1. The van der Waals surface area contributed by atoms with Crippen LogP contribution in [0.1, 0.15) is 93.2 Å². The zero-order valence-electron chi connectivity index (χ0n) is 28.5. The maximum absolute atomic E-state index is 14.4. The minimum Gasteiger partial charge on any atom is -0.455 e. The molecule has 1 aromatic carbocycles. The molecule has 2 aliphatic heterocycles. The molecular weight excluding hydrogens is 647 g/mol. The number of Topliss-reactive ketones (excluding diaryl/α,β-unsaturated/α-hetero) is 1. The number of aliphatic imine (C=N–C) groups is 1. The molecule has 48 heavy (non-hydrogen) atoms. The highest BCUT2D eigenvalue weighted by Gasteiger charge is 2.41. The van der Waals surface area contributed by atoms with Gasteiger partial charge in [0.25, 0.3) is 6.02 Å². The molecule has 1 aromatic heterocycles. The van der Waals surface area contributed by atoms with E-state index in [0.29, 0.717) is 57.9 Å². The van der Waals surface area contributed by atoms with Crippen LogP contribution < -0.4 is 11.1 Å². The summed E-state index contributed by atoms with van der Waals surface area (Å²) in [6.07, 6.45) is 10.3. The highest BCUT2D eigenvalue weighted by molar-refractivity contribution is 7.90. The number of sulfone groups is 1. The summed E-state index contributed by atoms with van der Waals surface area (Å²) >= 11 is 1.64. The lowest BCUT2D eigenvalue weighted by Gasteiger charge is -2.43. The summed E-state index contributed by atoms with van der Waals surface area (Å²) in [6, 6.07) is 11.8. The van der Waals surface area contributed by atoms with E-state index in [-0.39, 0.29) is 35.6 Å². The minimum absolute atomic E-state index is 0.0306. The van der Waals surface area contributed by atoms with E-state index in [4.69, 9.17) is 15.5 Å². The van der Waals surface area contributed by atoms with E-state index in [0.717, 1.165) is 54.5 Å². The van der Waals surface area contributed by atoms with E-state index in [1.807, 2.05) is 52.4 Å². The number of carbonyl (C=O) groups is 2. The number of nitrogens with one attached hydrogen (secondary N) is 1. The molecule has 0 bridgehead atoms. The van der Waals surface area contributed by atoms with Gasteiger partial charge < -0.3 is 25.6 Å². The van der Waals surface area contributed by atoms with Crippen molar-refractivity contribution in [2.75, 3.05) is 31.6 Å². The first-order valence-corrected chi connectivity index (χ1v) is 20.6. The molecule has 0 spiro atoms. The van der Waals surface area contributed by atoms with Crippen LogP contribution in [0.5, 0.6) is 0 Å². The number of ether oxygens (including phenoxy) is 1. The first-order chi connectivity index (χ1) is 23.1. The van der Waals surface area contributed by atoms with Crippen molar-refractivity contribution in [2.24, 2.45) is 10.7 Å². The SMILES string of the molecule is C[C@@H]1N=C(N2CCN(C(=O)[C@@H](CCCCCS(C)(=O)=O)NC3CCCCC3)[C@H](C(=O)CCc3cccs3)C2)O[C@H]1c1cccc(CN)c1. The number of piperazine rings is 1. The Bertz CT molecular complexity index is 1490. The van der Waals surface area contributed by atoms with Crippen molar-refractivity contribution < 1.29 is 22.7 Å². The third-order valence-electron chi connectivity index (χ3n) is 9.85. The van der Waals surface area contributed by atoms with Gasteiger partial charge in [-0.05, 0) is 61.6 Å². The molecule has 4 atom stereocenters. The van der Waals surface area contributed by atoms with Crippen molar-refractivity contribution in [3.63, 3.8) is 0 Å². The zero-order chi connectivity index (χ0) is 34.1.